The van der Waals surface area contributed by atoms with Crippen LogP contribution in [-0.2, 0) is 11.3 Å². The minimum atomic E-state index is -0.0493. The van der Waals surface area contributed by atoms with Gasteiger partial charge in [0.25, 0.3) is 0 Å². The zero-order valence-electron chi connectivity index (χ0n) is 18.5. The van der Waals surface area contributed by atoms with E-state index in [4.69, 9.17) is 14.2 Å². The van der Waals surface area contributed by atoms with Crippen molar-refractivity contribution in [3.8, 4) is 11.5 Å². The summed E-state index contributed by atoms with van der Waals surface area (Å²) < 4.78 is 19.2. The van der Waals surface area contributed by atoms with E-state index >= 15 is 0 Å². The molecule has 2 aliphatic heterocycles. The van der Waals surface area contributed by atoms with E-state index in [1.807, 2.05) is 22.9 Å². The second-order valence-electron chi connectivity index (χ2n) is 8.27. The van der Waals surface area contributed by atoms with Crippen LogP contribution >= 0.6 is 0 Å². The Morgan fingerprint density at radius 3 is 2.77 bits per heavy atom. The van der Waals surface area contributed by atoms with Crippen LogP contribution in [0.15, 0.2) is 30.9 Å². The monoisotopic (exact) mass is 430 g/mol. The van der Waals surface area contributed by atoms with Crippen LogP contribution in [0.2, 0.25) is 0 Å². The molecule has 2 saturated heterocycles. The maximum absolute atomic E-state index is 5.85. The van der Waals surface area contributed by atoms with Gasteiger partial charge in [0.15, 0.2) is 17.5 Å². The number of rotatable bonds is 9. The van der Waals surface area contributed by atoms with Crippen LogP contribution in [0, 0.1) is 0 Å². The van der Waals surface area contributed by atoms with Crippen molar-refractivity contribution in [2.75, 3.05) is 53.6 Å². The summed E-state index contributed by atoms with van der Waals surface area (Å²) in [5.41, 5.74) is 1.05. The van der Waals surface area contributed by atoms with E-state index in [1.54, 1.807) is 19.1 Å². The third kappa shape index (κ3) is 4.73. The SMILES string of the molecule is C=CC[NH+]1CC[NH+]([C@H](c2cccc(OC)c2OC)c2nnnn2C[C@@H]2CCCO2)CC1. The van der Waals surface area contributed by atoms with Crippen LogP contribution in [0.3, 0.4) is 0 Å². The Kier molecular flexibility index (Phi) is 7.16. The number of ether oxygens (including phenoxy) is 3. The number of aromatic nitrogens is 4. The molecule has 4 rings (SSSR count). The Hall–Kier alpha value is -2.49. The maximum atomic E-state index is 5.85. The molecule has 0 amide bonds. The summed E-state index contributed by atoms with van der Waals surface area (Å²) >= 11 is 0. The molecule has 2 fully saturated rings. The second-order valence-corrected chi connectivity index (χ2v) is 8.27. The fraction of sp³-hybridized carbons (Fsp3) is 0.591. The predicted octanol–water partition coefficient (Wildman–Crippen LogP) is -1.07. The molecule has 0 aliphatic carbocycles. The topological polar surface area (TPSA) is 80.2 Å². The number of nitrogens with one attached hydrogen (secondary N) is 2. The van der Waals surface area contributed by atoms with Gasteiger partial charge in [-0.2, -0.15) is 0 Å². The Morgan fingerprint density at radius 2 is 2.10 bits per heavy atom. The number of benzene rings is 1. The minimum absolute atomic E-state index is 0.0493. The minimum Gasteiger partial charge on any atom is -0.493 e. The zero-order chi connectivity index (χ0) is 21.6. The molecule has 0 spiro atoms. The number of nitrogens with zero attached hydrogens (tertiary/aromatic N) is 4. The quantitative estimate of drug-likeness (QED) is 0.493. The third-order valence-corrected chi connectivity index (χ3v) is 6.40. The summed E-state index contributed by atoms with van der Waals surface area (Å²) in [5, 5.41) is 12.9. The second kappa shape index (κ2) is 10.2. The van der Waals surface area contributed by atoms with Gasteiger partial charge in [0.1, 0.15) is 26.2 Å². The van der Waals surface area contributed by atoms with Gasteiger partial charge >= 0.3 is 0 Å². The van der Waals surface area contributed by atoms with Gasteiger partial charge in [0.2, 0.25) is 5.82 Å². The highest BCUT2D eigenvalue weighted by Crippen LogP contribution is 2.35. The molecule has 2 aliphatic rings. The average Bonchev–Trinajstić information content (AvgIpc) is 3.48. The van der Waals surface area contributed by atoms with Crippen molar-refractivity contribution in [3.05, 3.63) is 42.2 Å². The first kappa shape index (κ1) is 21.7. The van der Waals surface area contributed by atoms with Crippen LogP contribution in [-0.4, -0.2) is 79.9 Å². The first-order valence-corrected chi connectivity index (χ1v) is 11.1. The number of piperazine rings is 1. The molecule has 3 heterocycles. The molecular formula is C22H34N6O3+2. The largest absolute Gasteiger partial charge is 0.493 e. The van der Waals surface area contributed by atoms with Gasteiger partial charge in [-0.25, -0.2) is 4.68 Å². The fourth-order valence-corrected chi connectivity index (χ4v) is 4.83. The van der Waals surface area contributed by atoms with Gasteiger partial charge in [0.05, 0.1) is 39.0 Å². The molecule has 9 heteroatoms. The molecule has 1 aromatic heterocycles. The number of para-hydroxylation sites is 1. The van der Waals surface area contributed by atoms with E-state index < -0.39 is 0 Å². The van der Waals surface area contributed by atoms with E-state index in [0.717, 1.165) is 75.1 Å². The predicted molar refractivity (Wildman–Crippen MR) is 115 cm³/mol. The first-order chi connectivity index (χ1) is 15.2. The number of hydrogen-bond donors (Lipinski definition) is 2. The van der Waals surface area contributed by atoms with E-state index in [0.29, 0.717) is 6.54 Å². The lowest BCUT2D eigenvalue weighted by Gasteiger charge is -2.34. The van der Waals surface area contributed by atoms with Gasteiger partial charge in [-0.3, -0.25) is 0 Å². The van der Waals surface area contributed by atoms with Crippen LogP contribution in [0.25, 0.3) is 0 Å². The lowest BCUT2D eigenvalue weighted by Crippen LogP contribution is -3.28. The summed E-state index contributed by atoms with van der Waals surface area (Å²) in [6.07, 6.45) is 4.31. The van der Waals surface area contributed by atoms with Crippen molar-refractivity contribution in [1.29, 1.82) is 0 Å². The summed E-state index contributed by atoms with van der Waals surface area (Å²) in [6, 6.07) is 5.99. The molecule has 0 unspecified atom stereocenters. The number of tetrazole rings is 1. The zero-order valence-corrected chi connectivity index (χ0v) is 18.5. The number of methoxy groups -OCH3 is 2. The Bertz CT molecular complexity index is 859. The molecule has 9 nitrogen and oxygen atoms in total. The van der Waals surface area contributed by atoms with Crippen LogP contribution < -0.4 is 19.3 Å². The Balaban J connectivity index is 1.69. The molecule has 0 saturated carbocycles. The molecule has 31 heavy (non-hydrogen) atoms. The molecule has 2 atom stereocenters. The molecule has 1 aromatic carbocycles. The Morgan fingerprint density at radius 1 is 1.26 bits per heavy atom. The van der Waals surface area contributed by atoms with Crippen molar-refractivity contribution in [3.63, 3.8) is 0 Å². The standard InChI is InChI=1S/C22H32N6O3/c1-4-10-26-11-13-27(14-12-26)20(18-8-5-9-19(29-2)21(18)30-3)22-23-24-25-28(22)16-17-7-6-15-31-17/h4-5,8-9,17,20H,1,6-7,10-16H2,2-3H3/p+2/t17-,20+/m0/s1. The summed E-state index contributed by atoms with van der Waals surface area (Å²) in [4.78, 5) is 3.00. The molecule has 0 radical (unpaired) electrons. The Labute approximate surface area is 183 Å². The van der Waals surface area contributed by atoms with Crippen molar-refractivity contribution < 1.29 is 24.0 Å². The molecular weight excluding hydrogens is 396 g/mol. The van der Waals surface area contributed by atoms with E-state index in [1.165, 1.54) is 4.90 Å². The molecule has 168 valence electrons. The molecule has 2 N–H and O–H groups in total. The van der Waals surface area contributed by atoms with Gasteiger partial charge in [-0.05, 0) is 41.5 Å². The van der Waals surface area contributed by atoms with E-state index in [9.17, 15) is 0 Å². The number of quaternary nitrogens is 2. The van der Waals surface area contributed by atoms with Crippen molar-refractivity contribution in [1.82, 2.24) is 20.2 Å². The average molecular weight is 431 g/mol. The van der Waals surface area contributed by atoms with Crippen LogP contribution in [0.5, 0.6) is 11.5 Å². The van der Waals surface area contributed by atoms with Gasteiger partial charge in [-0.15, -0.1) is 5.10 Å². The summed E-state index contributed by atoms with van der Waals surface area (Å²) in [7, 11) is 3.36. The van der Waals surface area contributed by atoms with Gasteiger partial charge in [-0.1, -0.05) is 12.6 Å². The van der Waals surface area contributed by atoms with E-state index in [2.05, 4.69) is 28.2 Å². The highest BCUT2D eigenvalue weighted by Gasteiger charge is 2.38. The van der Waals surface area contributed by atoms with Crippen LogP contribution in [0.1, 0.15) is 30.3 Å². The summed E-state index contributed by atoms with van der Waals surface area (Å²) in [6.45, 7) is 10.6. The molecule has 0 bridgehead atoms. The lowest BCUT2D eigenvalue weighted by atomic mass is 10.0. The number of hydrogen-bond acceptors (Lipinski definition) is 6. The summed E-state index contributed by atoms with van der Waals surface area (Å²) in [5.74, 6) is 2.32. The first-order valence-electron chi connectivity index (χ1n) is 11.1. The van der Waals surface area contributed by atoms with Gasteiger partial charge in [0, 0.05) is 6.61 Å². The molecule has 2 aromatic rings. The van der Waals surface area contributed by atoms with Crippen molar-refractivity contribution >= 4 is 0 Å². The normalized spacial score (nSPS) is 24.6. The van der Waals surface area contributed by atoms with Crippen LogP contribution in [0.4, 0.5) is 0 Å². The smallest absolute Gasteiger partial charge is 0.214 e. The fourth-order valence-electron chi connectivity index (χ4n) is 4.83. The van der Waals surface area contributed by atoms with Crippen molar-refractivity contribution in [2.45, 2.75) is 31.5 Å². The lowest BCUT2D eigenvalue weighted by molar-refractivity contribution is -1.02. The van der Waals surface area contributed by atoms with E-state index in [-0.39, 0.29) is 12.1 Å². The maximum Gasteiger partial charge on any atom is 0.214 e. The highest BCUT2D eigenvalue weighted by molar-refractivity contribution is 5.48. The highest BCUT2D eigenvalue weighted by atomic mass is 16.5. The third-order valence-electron chi connectivity index (χ3n) is 6.40. The van der Waals surface area contributed by atoms with Gasteiger partial charge < -0.3 is 24.0 Å². The van der Waals surface area contributed by atoms with Crippen molar-refractivity contribution in [2.24, 2.45) is 0 Å².